The largest absolute Gasteiger partial charge is 0.324 e. The van der Waals surface area contributed by atoms with Crippen LogP contribution >= 0.6 is 0 Å². The third-order valence-electron chi connectivity index (χ3n) is 1.91. The lowest BCUT2D eigenvalue weighted by Gasteiger charge is -2.03. The standard InChI is InChI=1S/C10H7N3O/c11-6-7-1-2-8-9(5-7)13-10(14)3-4-12-8/h1-2,4-5H,3H2,(H,13,14). The summed E-state index contributed by atoms with van der Waals surface area (Å²) in [7, 11) is 0. The van der Waals surface area contributed by atoms with E-state index >= 15 is 0 Å². The molecule has 0 spiro atoms. The summed E-state index contributed by atoms with van der Waals surface area (Å²) in [5.74, 6) is -0.109. The molecule has 68 valence electrons. The molecular weight excluding hydrogens is 178 g/mol. The maximum Gasteiger partial charge on any atom is 0.229 e. The summed E-state index contributed by atoms with van der Waals surface area (Å²) in [5.41, 5.74) is 1.80. The molecule has 0 aliphatic carbocycles. The maximum absolute atomic E-state index is 11.2. The molecule has 4 heteroatoms. The number of hydrogen-bond acceptors (Lipinski definition) is 3. The van der Waals surface area contributed by atoms with E-state index in [0.717, 1.165) is 0 Å². The Morgan fingerprint density at radius 2 is 2.36 bits per heavy atom. The molecule has 1 amide bonds. The first kappa shape index (κ1) is 8.45. The SMILES string of the molecule is N#Cc1ccc2c(c1)NC(=O)CC=N2. The van der Waals surface area contributed by atoms with Gasteiger partial charge in [-0.05, 0) is 18.2 Å². The molecular formula is C10H7N3O. The molecule has 0 radical (unpaired) electrons. The predicted molar refractivity (Wildman–Crippen MR) is 52.6 cm³/mol. The van der Waals surface area contributed by atoms with E-state index in [4.69, 9.17) is 5.26 Å². The van der Waals surface area contributed by atoms with Gasteiger partial charge >= 0.3 is 0 Å². The second-order valence-corrected chi connectivity index (χ2v) is 2.91. The lowest BCUT2D eigenvalue weighted by atomic mass is 10.2. The number of fused-ring (bicyclic) bond motifs is 1. The molecule has 0 saturated carbocycles. The second kappa shape index (κ2) is 3.30. The van der Waals surface area contributed by atoms with Gasteiger partial charge in [-0.1, -0.05) is 0 Å². The molecule has 0 aromatic heterocycles. The monoisotopic (exact) mass is 185 g/mol. The molecule has 1 heterocycles. The van der Waals surface area contributed by atoms with Crippen molar-refractivity contribution in [2.24, 2.45) is 4.99 Å². The van der Waals surface area contributed by atoms with E-state index in [1.165, 1.54) is 0 Å². The molecule has 0 bridgehead atoms. The number of amides is 1. The zero-order chi connectivity index (χ0) is 9.97. The quantitative estimate of drug-likeness (QED) is 0.667. The number of carbonyl (C=O) groups is 1. The van der Waals surface area contributed by atoms with Crippen LogP contribution in [-0.4, -0.2) is 12.1 Å². The number of nitrogens with one attached hydrogen (secondary N) is 1. The number of carbonyl (C=O) groups excluding carboxylic acids is 1. The lowest BCUT2D eigenvalue weighted by molar-refractivity contribution is -0.115. The van der Waals surface area contributed by atoms with Crippen LogP contribution in [0.4, 0.5) is 11.4 Å². The van der Waals surface area contributed by atoms with Crippen molar-refractivity contribution in [3.05, 3.63) is 23.8 Å². The molecule has 0 atom stereocenters. The van der Waals surface area contributed by atoms with Crippen LogP contribution in [-0.2, 0) is 4.79 Å². The highest BCUT2D eigenvalue weighted by molar-refractivity contribution is 6.03. The van der Waals surface area contributed by atoms with Gasteiger partial charge in [0.25, 0.3) is 0 Å². The smallest absolute Gasteiger partial charge is 0.229 e. The topological polar surface area (TPSA) is 65.2 Å². The van der Waals surface area contributed by atoms with Crippen molar-refractivity contribution in [3.8, 4) is 6.07 Å². The minimum Gasteiger partial charge on any atom is -0.324 e. The summed E-state index contributed by atoms with van der Waals surface area (Å²) >= 11 is 0. The van der Waals surface area contributed by atoms with Crippen LogP contribution in [0.15, 0.2) is 23.2 Å². The van der Waals surface area contributed by atoms with Crippen molar-refractivity contribution >= 4 is 23.5 Å². The van der Waals surface area contributed by atoms with Crippen LogP contribution in [0, 0.1) is 11.3 Å². The zero-order valence-electron chi connectivity index (χ0n) is 7.32. The van der Waals surface area contributed by atoms with E-state index in [1.807, 2.05) is 6.07 Å². The van der Waals surface area contributed by atoms with E-state index in [9.17, 15) is 4.79 Å². The minimum absolute atomic E-state index is 0.109. The van der Waals surface area contributed by atoms with Gasteiger partial charge in [0.15, 0.2) is 0 Å². The zero-order valence-corrected chi connectivity index (χ0v) is 7.32. The Labute approximate surface area is 80.9 Å². The average Bonchev–Trinajstić information content (AvgIpc) is 2.37. The molecule has 0 unspecified atom stereocenters. The van der Waals surface area contributed by atoms with Crippen molar-refractivity contribution in [2.75, 3.05) is 5.32 Å². The first-order valence-corrected chi connectivity index (χ1v) is 4.16. The summed E-state index contributed by atoms with van der Waals surface area (Å²) in [6.45, 7) is 0. The Hall–Kier alpha value is -2.15. The van der Waals surface area contributed by atoms with Gasteiger partial charge in [0.2, 0.25) is 5.91 Å². The lowest BCUT2D eigenvalue weighted by Crippen LogP contribution is -2.09. The molecule has 0 fully saturated rings. The van der Waals surface area contributed by atoms with Gasteiger partial charge < -0.3 is 5.32 Å². The van der Waals surface area contributed by atoms with Crippen molar-refractivity contribution in [3.63, 3.8) is 0 Å². The van der Waals surface area contributed by atoms with Gasteiger partial charge in [0.05, 0.1) is 29.4 Å². The van der Waals surface area contributed by atoms with Gasteiger partial charge in [-0.15, -0.1) is 0 Å². The number of benzene rings is 1. The fourth-order valence-electron chi connectivity index (χ4n) is 1.25. The molecule has 1 aromatic rings. The molecule has 2 rings (SSSR count). The highest BCUT2D eigenvalue weighted by Crippen LogP contribution is 2.27. The number of nitriles is 1. The van der Waals surface area contributed by atoms with Crippen LogP contribution in [0.25, 0.3) is 0 Å². The van der Waals surface area contributed by atoms with Crippen LogP contribution in [0.1, 0.15) is 12.0 Å². The summed E-state index contributed by atoms with van der Waals surface area (Å²) in [6.07, 6.45) is 1.84. The maximum atomic E-state index is 11.2. The summed E-state index contributed by atoms with van der Waals surface area (Å²) in [5, 5.41) is 11.4. The Kier molecular flexibility index (Phi) is 1.99. The second-order valence-electron chi connectivity index (χ2n) is 2.91. The van der Waals surface area contributed by atoms with Crippen molar-refractivity contribution in [2.45, 2.75) is 6.42 Å². The van der Waals surface area contributed by atoms with Crippen LogP contribution in [0.2, 0.25) is 0 Å². The highest BCUT2D eigenvalue weighted by Gasteiger charge is 2.09. The fourth-order valence-corrected chi connectivity index (χ4v) is 1.25. The van der Waals surface area contributed by atoms with E-state index in [0.29, 0.717) is 16.9 Å². The highest BCUT2D eigenvalue weighted by atomic mass is 16.1. The molecule has 1 N–H and O–H groups in total. The number of anilines is 1. The van der Waals surface area contributed by atoms with Crippen molar-refractivity contribution in [1.82, 2.24) is 0 Å². The molecule has 1 aliphatic rings. The van der Waals surface area contributed by atoms with Crippen molar-refractivity contribution < 1.29 is 4.79 Å². The van der Waals surface area contributed by atoms with E-state index in [1.54, 1.807) is 24.4 Å². The predicted octanol–water partition coefficient (Wildman–Crippen LogP) is 1.60. The van der Waals surface area contributed by atoms with E-state index < -0.39 is 0 Å². The van der Waals surface area contributed by atoms with E-state index in [-0.39, 0.29) is 12.3 Å². The third-order valence-corrected chi connectivity index (χ3v) is 1.91. The average molecular weight is 185 g/mol. The third kappa shape index (κ3) is 1.48. The fraction of sp³-hybridized carbons (Fsp3) is 0.100. The molecule has 1 aromatic carbocycles. The summed E-state index contributed by atoms with van der Waals surface area (Å²) in [4.78, 5) is 15.3. The van der Waals surface area contributed by atoms with Crippen LogP contribution in [0.5, 0.6) is 0 Å². The van der Waals surface area contributed by atoms with Gasteiger partial charge in [-0.3, -0.25) is 9.79 Å². The molecule has 1 aliphatic heterocycles. The summed E-state index contributed by atoms with van der Waals surface area (Å²) < 4.78 is 0. The Morgan fingerprint density at radius 1 is 1.50 bits per heavy atom. The molecule has 4 nitrogen and oxygen atoms in total. The van der Waals surface area contributed by atoms with Gasteiger partial charge in [0, 0.05) is 6.21 Å². The summed E-state index contributed by atoms with van der Waals surface area (Å²) in [6, 6.07) is 7.02. The minimum atomic E-state index is -0.109. The molecule has 0 saturated heterocycles. The Balaban J connectivity index is 2.50. The van der Waals surface area contributed by atoms with Crippen LogP contribution in [0.3, 0.4) is 0 Å². The molecule has 14 heavy (non-hydrogen) atoms. The van der Waals surface area contributed by atoms with Crippen molar-refractivity contribution in [1.29, 1.82) is 5.26 Å². The number of rotatable bonds is 0. The van der Waals surface area contributed by atoms with Gasteiger partial charge in [-0.25, -0.2) is 0 Å². The normalized spacial score (nSPS) is 13.8. The van der Waals surface area contributed by atoms with E-state index in [2.05, 4.69) is 10.3 Å². The van der Waals surface area contributed by atoms with Gasteiger partial charge in [-0.2, -0.15) is 5.26 Å². The first-order valence-electron chi connectivity index (χ1n) is 4.16. The van der Waals surface area contributed by atoms with Gasteiger partial charge in [0.1, 0.15) is 0 Å². The number of nitrogens with zero attached hydrogens (tertiary/aromatic N) is 2. The Morgan fingerprint density at radius 3 is 3.14 bits per heavy atom. The first-order chi connectivity index (χ1) is 6.79. The number of hydrogen-bond donors (Lipinski definition) is 1. The number of aliphatic imine (C=N–C) groups is 1. The Bertz CT molecular complexity index is 457. The van der Waals surface area contributed by atoms with Crippen LogP contribution < -0.4 is 5.32 Å².